The average Bonchev–Trinajstić information content (AvgIpc) is 2.02. The van der Waals surface area contributed by atoms with Crippen molar-refractivity contribution in [1.82, 2.24) is 0 Å². The molecule has 0 aliphatic carbocycles. The Morgan fingerprint density at radius 3 is 2.07 bits per heavy atom. The van der Waals surface area contributed by atoms with Gasteiger partial charge in [-0.2, -0.15) is 8.42 Å². The fourth-order valence-corrected chi connectivity index (χ4v) is 2.21. The molecular formula is C6H7NO5S2. The van der Waals surface area contributed by atoms with Crippen molar-refractivity contribution in [3.8, 4) is 0 Å². The lowest BCUT2D eigenvalue weighted by molar-refractivity contribution is 0.477. The number of nitrogen functional groups attached to an aromatic ring is 1. The monoisotopic (exact) mass is 237 g/mol. The second-order valence-electron chi connectivity index (χ2n) is 2.32. The highest BCUT2D eigenvalue weighted by Gasteiger charge is 2.15. The fourth-order valence-electron chi connectivity index (χ4n) is 0.758. The summed E-state index contributed by atoms with van der Waals surface area (Å²) in [5.74, 6) is 0. The van der Waals surface area contributed by atoms with Crippen LogP contribution in [0.5, 0.6) is 0 Å². The van der Waals surface area contributed by atoms with Gasteiger partial charge in [0, 0.05) is 5.69 Å². The molecule has 0 aliphatic rings. The summed E-state index contributed by atoms with van der Waals surface area (Å²) in [6.07, 6.45) is 0. The van der Waals surface area contributed by atoms with Gasteiger partial charge in [-0.05, 0) is 24.3 Å². The van der Waals surface area contributed by atoms with Crippen molar-refractivity contribution < 1.29 is 20.5 Å². The van der Waals surface area contributed by atoms with Crippen LogP contribution in [-0.2, 0) is 24.7 Å². The van der Waals surface area contributed by atoms with Crippen LogP contribution in [-0.4, -0.2) is 16.8 Å². The summed E-state index contributed by atoms with van der Waals surface area (Å²) in [5.41, 5.74) is 5.69. The molecule has 0 bridgehead atoms. The Morgan fingerprint density at radius 2 is 1.64 bits per heavy atom. The van der Waals surface area contributed by atoms with Crippen molar-refractivity contribution in [1.29, 1.82) is 0 Å². The van der Waals surface area contributed by atoms with E-state index in [4.69, 9.17) is 5.73 Å². The molecule has 2 N–H and O–H groups in total. The van der Waals surface area contributed by atoms with Gasteiger partial charge in [0.1, 0.15) is 0 Å². The first kappa shape index (κ1) is 11.0. The molecule has 0 amide bonds. The van der Waals surface area contributed by atoms with Crippen LogP contribution >= 0.6 is 0 Å². The highest BCUT2D eigenvalue weighted by atomic mass is 32.3. The minimum absolute atomic E-state index is 0.258. The van der Waals surface area contributed by atoms with Crippen molar-refractivity contribution in [2.24, 2.45) is 0 Å². The van der Waals surface area contributed by atoms with Gasteiger partial charge in [-0.15, -0.1) is 3.63 Å². The third kappa shape index (κ3) is 2.69. The largest absolute Gasteiger partial charge is 0.399 e. The van der Waals surface area contributed by atoms with Crippen molar-refractivity contribution >= 4 is 26.8 Å². The van der Waals surface area contributed by atoms with E-state index in [-0.39, 0.29) is 4.90 Å². The zero-order valence-corrected chi connectivity index (χ0v) is 8.49. The van der Waals surface area contributed by atoms with Crippen LogP contribution in [0.3, 0.4) is 0 Å². The van der Waals surface area contributed by atoms with E-state index in [1.807, 2.05) is 0 Å². The molecular weight excluding hydrogens is 230 g/mol. The lowest BCUT2D eigenvalue weighted by atomic mass is 10.3. The van der Waals surface area contributed by atoms with Crippen LogP contribution in [0, 0.1) is 0 Å². The Labute approximate surface area is 82.6 Å². The number of rotatable bonds is 3. The summed E-state index contributed by atoms with van der Waals surface area (Å²) in [4.78, 5) is -0.258. The highest BCUT2D eigenvalue weighted by molar-refractivity contribution is 7.93. The van der Waals surface area contributed by atoms with Gasteiger partial charge in [-0.25, -0.2) is 8.42 Å². The topological polar surface area (TPSA) is 104 Å². The molecule has 6 nitrogen and oxygen atoms in total. The molecule has 14 heavy (non-hydrogen) atoms. The quantitative estimate of drug-likeness (QED) is 0.542. The highest BCUT2D eigenvalue weighted by Crippen LogP contribution is 2.13. The van der Waals surface area contributed by atoms with Crippen LogP contribution < -0.4 is 5.73 Å². The summed E-state index contributed by atoms with van der Waals surface area (Å²) < 4.78 is 46.1. The van der Waals surface area contributed by atoms with Gasteiger partial charge in [0.25, 0.3) is 11.0 Å². The molecule has 1 aromatic carbocycles. The number of benzene rings is 1. The van der Waals surface area contributed by atoms with Gasteiger partial charge in [-0.3, -0.25) is 0 Å². The minimum atomic E-state index is -4.23. The first-order valence-electron chi connectivity index (χ1n) is 3.36. The Hall–Kier alpha value is -1.12. The van der Waals surface area contributed by atoms with E-state index in [0.29, 0.717) is 5.69 Å². The van der Waals surface area contributed by atoms with E-state index in [9.17, 15) is 16.8 Å². The van der Waals surface area contributed by atoms with Crippen molar-refractivity contribution in [3.63, 3.8) is 0 Å². The average molecular weight is 237 g/mol. The van der Waals surface area contributed by atoms with E-state index in [0.717, 1.165) is 12.1 Å². The van der Waals surface area contributed by atoms with Gasteiger partial charge in [-0.1, -0.05) is 0 Å². The molecule has 0 saturated carbocycles. The molecule has 0 saturated heterocycles. The Kier molecular flexibility index (Phi) is 3.09. The summed E-state index contributed by atoms with van der Waals surface area (Å²) in [7, 11) is -7.67. The molecule has 0 unspecified atom stereocenters. The Morgan fingerprint density at radius 1 is 1.14 bits per heavy atom. The zero-order chi connectivity index (χ0) is 10.8. The predicted molar refractivity (Wildman–Crippen MR) is 49.4 cm³/mol. The summed E-state index contributed by atoms with van der Waals surface area (Å²) in [6.45, 7) is 0. The number of hydrogen-bond acceptors (Lipinski definition) is 6. The second kappa shape index (κ2) is 3.95. The van der Waals surface area contributed by atoms with Gasteiger partial charge in [0.15, 0.2) is 0 Å². The van der Waals surface area contributed by atoms with E-state index < -0.39 is 21.1 Å². The van der Waals surface area contributed by atoms with Crippen LogP contribution in [0.4, 0.5) is 5.69 Å². The molecule has 0 aliphatic heterocycles. The molecule has 0 spiro atoms. The first-order chi connectivity index (χ1) is 6.42. The molecule has 0 aromatic heterocycles. The van der Waals surface area contributed by atoms with Gasteiger partial charge >= 0.3 is 10.1 Å². The zero-order valence-electron chi connectivity index (χ0n) is 6.78. The Balaban J connectivity index is 3.11. The van der Waals surface area contributed by atoms with Gasteiger partial charge in [0.05, 0.1) is 4.90 Å². The van der Waals surface area contributed by atoms with E-state index >= 15 is 0 Å². The van der Waals surface area contributed by atoms with Crippen molar-refractivity contribution in [3.05, 3.63) is 24.3 Å². The van der Waals surface area contributed by atoms with Gasteiger partial charge in [0.2, 0.25) is 0 Å². The van der Waals surface area contributed by atoms with Crippen LogP contribution in [0.1, 0.15) is 0 Å². The third-order valence-corrected chi connectivity index (χ3v) is 3.45. The van der Waals surface area contributed by atoms with E-state index in [2.05, 4.69) is 3.63 Å². The number of thiol groups is 1. The van der Waals surface area contributed by atoms with E-state index in [1.165, 1.54) is 12.1 Å². The Bertz CT molecular complexity index is 479. The molecule has 0 radical (unpaired) electrons. The maximum absolute atomic E-state index is 11.1. The fraction of sp³-hybridized carbons (Fsp3) is 0. The number of anilines is 1. The lowest BCUT2D eigenvalue weighted by Crippen LogP contribution is -2.05. The van der Waals surface area contributed by atoms with Crippen LogP contribution in [0.2, 0.25) is 0 Å². The minimum Gasteiger partial charge on any atom is -0.399 e. The predicted octanol–water partition coefficient (Wildman–Crippen LogP) is -0.500. The SMILES string of the molecule is Nc1ccc(S(=O)(=O)O[SH](=O)=O)cc1. The molecule has 1 aromatic rings. The maximum Gasteiger partial charge on any atom is 0.311 e. The van der Waals surface area contributed by atoms with E-state index in [1.54, 1.807) is 0 Å². The summed E-state index contributed by atoms with van der Waals surface area (Å²) in [5, 5.41) is 0. The summed E-state index contributed by atoms with van der Waals surface area (Å²) >= 11 is 0. The van der Waals surface area contributed by atoms with Gasteiger partial charge < -0.3 is 5.73 Å². The smallest absolute Gasteiger partial charge is 0.311 e. The van der Waals surface area contributed by atoms with Crippen molar-refractivity contribution in [2.75, 3.05) is 5.73 Å². The standard InChI is InChI=1S/C6H7NO5S2/c7-5-1-3-6(4-2-5)14(10,11)12-13(8)9/h1-4,13H,7H2. The van der Waals surface area contributed by atoms with Crippen LogP contribution in [0.15, 0.2) is 29.2 Å². The molecule has 78 valence electrons. The normalized spacial score (nSPS) is 11.8. The van der Waals surface area contributed by atoms with Crippen molar-refractivity contribution in [2.45, 2.75) is 4.90 Å². The lowest BCUT2D eigenvalue weighted by Gasteiger charge is -1.99. The number of nitrogens with two attached hydrogens (primary N) is 1. The molecule has 0 heterocycles. The molecule has 0 atom stereocenters. The number of hydrogen-bond donors (Lipinski definition) is 2. The van der Waals surface area contributed by atoms with Crippen LogP contribution in [0.25, 0.3) is 0 Å². The summed E-state index contributed by atoms with van der Waals surface area (Å²) in [6, 6.07) is 4.97. The third-order valence-electron chi connectivity index (χ3n) is 1.33. The first-order valence-corrected chi connectivity index (χ1v) is 5.87. The maximum atomic E-state index is 11.1. The second-order valence-corrected chi connectivity index (χ2v) is 4.74. The molecule has 8 heteroatoms. The molecule has 1 rings (SSSR count). The molecule has 0 fully saturated rings.